The van der Waals surface area contributed by atoms with Crippen LogP contribution < -0.4 is 20.7 Å². The highest BCUT2D eigenvalue weighted by molar-refractivity contribution is 5.94. The van der Waals surface area contributed by atoms with Crippen molar-refractivity contribution in [3.63, 3.8) is 0 Å². The minimum atomic E-state index is -0.401. The van der Waals surface area contributed by atoms with E-state index >= 15 is 0 Å². The Hall–Kier alpha value is -3.09. The summed E-state index contributed by atoms with van der Waals surface area (Å²) in [5.41, 5.74) is 0.408. The Kier molecular flexibility index (Phi) is 7.24. The fourth-order valence-electron chi connectivity index (χ4n) is 2.01. The number of halogens is 1. The molecule has 0 saturated carbocycles. The zero-order chi connectivity index (χ0) is 17.9. The molecule has 0 fully saturated rings. The van der Waals surface area contributed by atoms with Gasteiger partial charge in [0.2, 0.25) is 5.91 Å². The van der Waals surface area contributed by atoms with Crippen molar-refractivity contribution >= 4 is 17.6 Å². The van der Waals surface area contributed by atoms with Crippen LogP contribution in [0.25, 0.3) is 0 Å². The minimum absolute atomic E-state index is 0.00965. The number of amides is 1. The summed E-state index contributed by atoms with van der Waals surface area (Å²) in [4.78, 5) is 15.9. The predicted molar refractivity (Wildman–Crippen MR) is 96.3 cm³/mol. The number of guanidine groups is 1. The number of anilines is 1. The number of carbonyl (C=O) groups is 1. The molecule has 0 unspecified atom stereocenters. The largest absolute Gasteiger partial charge is 0.492 e. The molecule has 0 aliphatic carbocycles. The lowest BCUT2D eigenvalue weighted by Gasteiger charge is -2.12. The monoisotopic (exact) mass is 344 g/mol. The minimum Gasteiger partial charge on any atom is -0.492 e. The molecule has 0 spiro atoms. The van der Waals surface area contributed by atoms with E-state index in [0.717, 1.165) is 5.75 Å². The van der Waals surface area contributed by atoms with Crippen LogP contribution in [0.3, 0.4) is 0 Å². The standard InChI is InChI=1S/C18H21FN4O2/c1-20-18(21-10-11-25-16-8-3-2-4-9-16)22-13-17(24)23-15-7-5-6-14(19)12-15/h2-9,12H,10-11,13H2,1H3,(H,23,24)(H2,20,21,22). The van der Waals surface area contributed by atoms with E-state index in [-0.39, 0.29) is 12.5 Å². The molecule has 2 rings (SSSR count). The molecule has 2 aromatic carbocycles. The molecule has 0 radical (unpaired) electrons. The molecule has 2 aromatic rings. The van der Waals surface area contributed by atoms with Gasteiger partial charge in [-0.05, 0) is 30.3 Å². The molecule has 132 valence electrons. The van der Waals surface area contributed by atoms with Gasteiger partial charge in [0.25, 0.3) is 0 Å². The van der Waals surface area contributed by atoms with E-state index in [2.05, 4.69) is 20.9 Å². The van der Waals surface area contributed by atoms with Crippen molar-refractivity contribution in [1.29, 1.82) is 0 Å². The zero-order valence-corrected chi connectivity index (χ0v) is 14.0. The van der Waals surface area contributed by atoms with E-state index in [1.165, 1.54) is 18.2 Å². The van der Waals surface area contributed by atoms with Crippen LogP contribution >= 0.6 is 0 Å². The van der Waals surface area contributed by atoms with Gasteiger partial charge in [-0.1, -0.05) is 24.3 Å². The maximum absolute atomic E-state index is 13.1. The normalized spacial score (nSPS) is 10.9. The predicted octanol–water partition coefficient (Wildman–Crippen LogP) is 2.01. The summed E-state index contributed by atoms with van der Waals surface area (Å²) in [5, 5.41) is 8.52. The highest BCUT2D eigenvalue weighted by Gasteiger charge is 2.05. The van der Waals surface area contributed by atoms with Crippen LogP contribution in [0.2, 0.25) is 0 Å². The lowest BCUT2D eigenvalue weighted by atomic mass is 10.3. The third-order valence-electron chi connectivity index (χ3n) is 3.15. The average Bonchev–Trinajstić information content (AvgIpc) is 2.62. The second-order valence-corrected chi connectivity index (χ2v) is 5.07. The van der Waals surface area contributed by atoms with Gasteiger partial charge < -0.3 is 20.7 Å². The summed E-state index contributed by atoms with van der Waals surface area (Å²) < 4.78 is 18.6. The Labute approximate surface area is 146 Å². The first-order valence-electron chi connectivity index (χ1n) is 7.85. The van der Waals surface area contributed by atoms with Crippen LogP contribution in [0, 0.1) is 5.82 Å². The summed E-state index contributed by atoms with van der Waals surface area (Å²) in [6, 6.07) is 15.2. The summed E-state index contributed by atoms with van der Waals surface area (Å²) >= 11 is 0. The molecule has 0 bridgehead atoms. The second kappa shape index (κ2) is 9.92. The molecule has 25 heavy (non-hydrogen) atoms. The van der Waals surface area contributed by atoms with Gasteiger partial charge in [-0.2, -0.15) is 0 Å². The lowest BCUT2D eigenvalue weighted by Crippen LogP contribution is -2.42. The molecule has 3 N–H and O–H groups in total. The molecule has 0 aliphatic heterocycles. The zero-order valence-electron chi connectivity index (χ0n) is 14.0. The van der Waals surface area contributed by atoms with Gasteiger partial charge >= 0.3 is 0 Å². The second-order valence-electron chi connectivity index (χ2n) is 5.07. The number of ether oxygens (including phenoxy) is 1. The summed E-state index contributed by atoms with van der Waals surface area (Å²) in [6.45, 7) is 0.996. The van der Waals surface area contributed by atoms with Crippen molar-refractivity contribution < 1.29 is 13.9 Å². The first kappa shape index (κ1) is 18.3. The van der Waals surface area contributed by atoms with Crippen LogP contribution in [0.5, 0.6) is 5.75 Å². The summed E-state index contributed by atoms with van der Waals surface area (Å²) in [7, 11) is 1.61. The number of nitrogens with one attached hydrogen (secondary N) is 3. The molecule has 6 nitrogen and oxygen atoms in total. The quantitative estimate of drug-likeness (QED) is 0.408. The van der Waals surface area contributed by atoms with Crippen LogP contribution in [0.1, 0.15) is 0 Å². The van der Waals surface area contributed by atoms with Gasteiger partial charge in [-0.3, -0.25) is 9.79 Å². The highest BCUT2D eigenvalue weighted by atomic mass is 19.1. The number of hydrogen-bond donors (Lipinski definition) is 3. The number of aliphatic imine (C=N–C) groups is 1. The van der Waals surface area contributed by atoms with Crippen LogP contribution in [0.4, 0.5) is 10.1 Å². The van der Waals surface area contributed by atoms with Gasteiger partial charge in [0.1, 0.15) is 18.2 Å². The Morgan fingerprint density at radius 3 is 2.64 bits per heavy atom. The van der Waals surface area contributed by atoms with Crippen molar-refractivity contribution in [1.82, 2.24) is 10.6 Å². The fourth-order valence-corrected chi connectivity index (χ4v) is 2.01. The van der Waals surface area contributed by atoms with Gasteiger partial charge in [0, 0.05) is 12.7 Å². The van der Waals surface area contributed by atoms with Gasteiger partial charge in [0.15, 0.2) is 5.96 Å². The number of para-hydroxylation sites is 1. The maximum atomic E-state index is 13.1. The molecule has 0 heterocycles. The lowest BCUT2D eigenvalue weighted by molar-refractivity contribution is -0.115. The topological polar surface area (TPSA) is 74.8 Å². The molecule has 0 atom stereocenters. The van der Waals surface area contributed by atoms with Crippen molar-refractivity contribution in [2.75, 3.05) is 32.1 Å². The van der Waals surface area contributed by atoms with Gasteiger partial charge in [-0.25, -0.2) is 4.39 Å². The van der Waals surface area contributed by atoms with Crippen LogP contribution in [0.15, 0.2) is 59.6 Å². The summed E-state index contributed by atoms with van der Waals surface area (Å²) in [6.07, 6.45) is 0. The summed E-state index contributed by atoms with van der Waals surface area (Å²) in [5.74, 6) is 0.573. The first-order chi connectivity index (χ1) is 12.2. The van der Waals surface area contributed by atoms with Crippen LogP contribution in [-0.2, 0) is 4.79 Å². The molecule has 7 heteroatoms. The Morgan fingerprint density at radius 1 is 1.12 bits per heavy atom. The number of hydrogen-bond acceptors (Lipinski definition) is 3. The smallest absolute Gasteiger partial charge is 0.243 e. The molecular weight excluding hydrogens is 323 g/mol. The molecule has 1 amide bonds. The Morgan fingerprint density at radius 2 is 1.92 bits per heavy atom. The van der Waals surface area contributed by atoms with E-state index in [1.54, 1.807) is 13.1 Å². The van der Waals surface area contributed by atoms with E-state index in [0.29, 0.717) is 24.8 Å². The van der Waals surface area contributed by atoms with Crippen LogP contribution in [-0.4, -0.2) is 38.6 Å². The van der Waals surface area contributed by atoms with Crippen molar-refractivity contribution in [3.8, 4) is 5.75 Å². The van der Waals surface area contributed by atoms with Crippen molar-refractivity contribution in [3.05, 3.63) is 60.4 Å². The average molecular weight is 344 g/mol. The number of rotatable bonds is 7. The third kappa shape index (κ3) is 6.90. The van der Waals surface area contributed by atoms with Crippen molar-refractivity contribution in [2.24, 2.45) is 4.99 Å². The number of carbonyl (C=O) groups excluding carboxylic acids is 1. The third-order valence-corrected chi connectivity index (χ3v) is 3.15. The molecular formula is C18H21FN4O2. The van der Waals surface area contributed by atoms with E-state index in [9.17, 15) is 9.18 Å². The number of nitrogens with zero attached hydrogens (tertiary/aromatic N) is 1. The Bertz CT molecular complexity index is 707. The highest BCUT2D eigenvalue weighted by Crippen LogP contribution is 2.08. The molecule has 0 aromatic heterocycles. The molecule has 0 aliphatic rings. The first-order valence-corrected chi connectivity index (χ1v) is 7.85. The van der Waals surface area contributed by atoms with E-state index < -0.39 is 5.82 Å². The van der Waals surface area contributed by atoms with Gasteiger partial charge in [0.05, 0.1) is 13.1 Å². The SMILES string of the molecule is CN=C(NCCOc1ccccc1)NCC(=O)Nc1cccc(F)c1. The maximum Gasteiger partial charge on any atom is 0.243 e. The molecule has 0 saturated heterocycles. The van der Waals surface area contributed by atoms with Crippen molar-refractivity contribution in [2.45, 2.75) is 0 Å². The number of benzene rings is 2. The fraction of sp³-hybridized carbons (Fsp3) is 0.222. The van der Waals surface area contributed by atoms with E-state index in [4.69, 9.17) is 4.74 Å². The Balaban J connectivity index is 1.66. The van der Waals surface area contributed by atoms with Gasteiger partial charge in [-0.15, -0.1) is 0 Å². The van der Waals surface area contributed by atoms with E-state index in [1.807, 2.05) is 30.3 Å².